The molecule has 10 rings (SSSR count). The minimum Gasteiger partial charge on any atom is -0.394 e. The zero-order valence-electron chi connectivity index (χ0n) is 66.2. The number of rotatable bonds is 24. The van der Waals surface area contributed by atoms with E-state index in [1.807, 2.05) is 34.6 Å². The van der Waals surface area contributed by atoms with Crippen LogP contribution in [-0.4, -0.2) is 478 Å². The normalized spacial score (nSPS) is 41.4. The lowest BCUT2D eigenvalue weighted by atomic mass is 9.95. The highest BCUT2D eigenvalue weighted by Gasteiger charge is 2.59. The van der Waals surface area contributed by atoms with Crippen LogP contribution in [0, 0.1) is 0 Å². The van der Waals surface area contributed by atoms with Gasteiger partial charge in [0.2, 0.25) is 0 Å². The van der Waals surface area contributed by atoms with E-state index in [9.17, 15) is 34.3 Å². The van der Waals surface area contributed by atoms with E-state index < -0.39 is 127 Å². The second kappa shape index (κ2) is 55.9. The summed E-state index contributed by atoms with van der Waals surface area (Å²) in [4.78, 5) is 0. The van der Waals surface area contributed by atoms with Gasteiger partial charge in [-0.1, -0.05) is 0 Å². The Bertz CT molecular complexity index is 2270. The van der Waals surface area contributed by atoms with E-state index in [-0.39, 0.29) is 171 Å². The fourth-order valence-corrected chi connectivity index (χ4v) is 12.9. The van der Waals surface area contributed by atoms with E-state index in [0.29, 0.717) is 52.5 Å². The number of hydroxylamine groups is 2. The smallest absolute Gasteiger partial charge is 0.154 e. The Morgan fingerprint density at radius 3 is 1.16 bits per heavy atom. The van der Waals surface area contributed by atoms with Crippen LogP contribution >= 0.6 is 0 Å². The highest BCUT2D eigenvalue weighted by atomic mass is 19.1. The van der Waals surface area contributed by atoms with Crippen LogP contribution in [0.5, 0.6) is 0 Å². The molecule has 10 aliphatic heterocycles. The molecule has 10 aliphatic rings. The molecule has 0 amide bonds. The van der Waals surface area contributed by atoms with Crippen molar-refractivity contribution in [2.24, 2.45) is 11.5 Å². The maximum Gasteiger partial charge on any atom is 0.154 e. The van der Waals surface area contributed by atoms with Crippen molar-refractivity contribution in [3.8, 4) is 0 Å². The van der Waals surface area contributed by atoms with Crippen LogP contribution in [0.4, 0.5) is 8.78 Å². The molecule has 0 aromatic heterocycles. The predicted octanol–water partition coefficient (Wildman–Crippen LogP) is -9.22. The third-order valence-corrected chi connectivity index (χ3v) is 19.3. The van der Waals surface area contributed by atoms with Crippen molar-refractivity contribution in [1.82, 2.24) is 5.06 Å². The number of aliphatic hydroxyl groups is 20. The van der Waals surface area contributed by atoms with Gasteiger partial charge in [-0.3, -0.25) is 0 Å². The molecule has 0 spiro atoms. The predicted molar refractivity (Wildman–Crippen MR) is 383 cm³/mol. The van der Waals surface area contributed by atoms with E-state index in [2.05, 4.69) is 0 Å². The molecule has 10 heterocycles. The maximum absolute atomic E-state index is 12.7. The van der Waals surface area contributed by atoms with Gasteiger partial charge in [-0.25, -0.2) is 8.78 Å². The Hall–Kier alpha value is -1.74. The molecule has 0 saturated carbocycles. The topological polar surface area (TPSA) is 628 Å². The molecule has 0 aromatic carbocycles. The van der Waals surface area contributed by atoms with Gasteiger partial charge in [0, 0.05) is 47.4 Å². The quantitative estimate of drug-likeness (QED) is 0.0399. The van der Waals surface area contributed by atoms with Gasteiger partial charge in [-0.2, -0.15) is 5.06 Å². The van der Waals surface area contributed by atoms with Gasteiger partial charge in [0.15, 0.2) is 12.3 Å². The molecule has 0 aliphatic carbocycles. The molecule has 40 nitrogen and oxygen atoms in total. The van der Waals surface area contributed by atoms with Crippen molar-refractivity contribution in [3.63, 3.8) is 0 Å². The molecule has 0 radical (unpaired) electrons. The van der Waals surface area contributed by atoms with Gasteiger partial charge in [-0.05, 0) is 69.2 Å². The Labute approximate surface area is 648 Å². The maximum atomic E-state index is 12.7. The summed E-state index contributed by atoms with van der Waals surface area (Å²) in [5.41, 5.74) is 8.83. The average Bonchev–Trinajstić information content (AvgIpc) is 1.61. The second-order valence-electron chi connectivity index (χ2n) is 28.2. The SMILES string of the molecule is CC1CN(O)CC(CO)O1.COC1[C@H](C)O[C@H](CO)[C@@H]1O.COC1[C@H](C)O[C@](CN)(CO)[C@@H]1O.COCCOC1[C@H](C)O[C@H](CO)[C@@H]1O.C[C@@H](CO)OC(CO)CO.C[C@@H]1O[C@@]2(CO)COC1[C@H]2O.C[C@@H]1O[C@H](CO)[C@H](O)C1F.C[C@@H]1O[C@H](CO)[C@H](O)C1F.C[C@@H]1O[C@H](CO)[C@H](O)C1OCCN.C[C@H]1C[C@@H](O)[C@@H](CO)O1. The summed E-state index contributed by atoms with van der Waals surface area (Å²) in [5.74, 6) is 0. The number of aliphatic hydroxyl groups excluding tert-OH is 20. The van der Waals surface area contributed by atoms with Crippen LogP contribution in [0.2, 0.25) is 0 Å². The number of fused-ring (bicyclic) bond motifs is 2. The lowest BCUT2D eigenvalue weighted by Gasteiger charge is -2.31. The first-order chi connectivity index (χ1) is 52.4. The number of halogens is 2. The molecule has 42 heteroatoms. The minimum absolute atomic E-state index is 0.0101. The molecule has 25 N–H and O–H groups in total. The Morgan fingerprint density at radius 2 is 0.901 bits per heavy atom. The number of hydrogen-bond acceptors (Lipinski definition) is 40. The van der Waals surface area contributed by atoms with E-state index in [4.69, 9.17) is 169 Å². The second-order valence-corrected chi connectivity index (χ2v) is 28.2. The molecule has 666 valence electrons. The largest absolute Gasteiger partial charge is 0.394 e. The van der Waals surface area contributed by atoms with Gasteiger partial charge in [0.1, 0.15) is 127 Å². The lowest BCUT2D eigenvalue weighted by molar-refractivity contribution is -0.199. The fourth-order valence-electron chi connectivity index (χ4n) is 12.9. The zero-order chi connectivity index (χ0) is 84.8. The molecule has 34 atom stereocenters. The Kier molecular flexibility index (Phi) is 54.0. The van der Waals surface area contributed by atoms with Gasteiger partial charge < -0.3 is 195 Å². The number of hydrogen-bond donors (Lipinski definition) is 23. The molecule has 0 aromatic rings. The number of nitrogens with zero attached hydrogens (tertiary/aromatic N) is 1. The third-order valence-electron chi connectivity index (χ3n) is 19.3. The molecule has 10 fully saturated rings. The van der Waals surface area contributed by atoms with Crippen LogP contribution in [0.3, 0.4) is 0 Å². The fraction of sp³-hybridized carbons (Fsp3) is 1.00. The third kappa shape index (κ3) is 33.1. The lowest BCUT2D eigenvalue weighted by Crippen LogP contribution is -2.52. The number of ether oxygens (including phenoxy) is 16. The molecule has 2 bridgehead atoms. The van der Waals surface area contributed by atoms with Crippen molar-refractivity contribution in [2.45, 2.75) is 288 Å². The number of nitrogens with two attached hydrogens (primary N) is 2. The van der Waals surface area contributed by atoms with Gasteiger partial charge in [0.25, 0.3) is 0 Å². The molecule has 9 unspecified atom stereocenters. The first kappa shape index (κ1) is 107. The van der Waals surface area contributed by atoms with Crippen molar-refractivity contribution in [3.05, 3.63) is 0 Å². The minimum atomic E-state index is -1.36. The number of methoxy groups -OCH3 is 3. The first-order valence-electron chi connectivity index (χ1n) is 37.3. The van der Waals surface area contributed by atoms with Crippen LogP contribution in [0.25, 0.3) is 0 Å². The van der Waals surface area contributed by atoms with Crippen molar-refractivity contribution in [2.75, 3.05) is 153 Å². The van der Waals surface area contributed by atoms with Crippen LogP contribution < -0.4 is 11.5 Å². The molecular formula is C69H139F2N3O37. The van der Waals surface area contributed by atoms with E-state index >= 15 is 0 Å². The van der Waals surface area contributed by atoms with Crippen LogP contribution in [-0.2, 0) is 75.8 Å². The number of morpholine rings is 1. The summed E-state index contributed by atoms with van der Waals surface area (Å²) in [7, 11) is 4.61. The van der Waals surface area contributed by atoms with Crippen LogP contribution in [0.15, 0.2) is 0 Å². The van der Waals surface area contributed by atoms with Crippen LogP contribution in [0.1, 0.15) is 75.7 Å². The van der Waals surface area contributed by atoms with E-state index in [1.165, 1.54) is 33.1 Å². The Morgan fingerprint density at radius 1 is 0.459 bits per heavy atom. The first-order valence-corrected chi connectivity index (χ1v) is 37.3. The Balaban J connectivity index is 0.000000618. The average molecular weight is 1640 g/mol. The molecular weight excluding hydrogens is 1500 g/mol. The zero-order valence-corrected chi connectivity index (χ0v) is 66.2. The van der Waals surface area contributed by atoms with Gasteiger partial charge in [-0.15, -0.1) is 0 Å². The van der Waals surface area contributed by atoms with E-state index in [0.717, 1.165) is 0 Å². The van der Waals surface area contributed by atoms with Crippen molar-refractivity contribution >= 4 is 0 Å². The van der Waals surface area contributed by atoms with E-state index in [1.54, 1.807) is 27.9 Å². The van der Waals surface area contributed by atoms with Gasteiger partial charge >= 0.3 is 0 Å². The van der Waals surface area contributed by atoms with Gasteiger partial charge in [0.05, 0.1) is 186 Å². The van der Waals surface area contributed by atoms with Crippen molar-refractivity contribution < 1.29 is 192 Å². The summed E-state index contributed by atoms with van der Waals surface area (Å²) in [6.07, 6.45) is -16.9. The summed E-state index contributed by atoms with van der Waals surface area (Å²) < 4.78 is 108. The van der Waals surface area contributed by atoms with Crippen molar-refractivity contribution in [1.29, 1.82) is 0 Å². The number of alkyl halides is 2. The monoisotopic (exact) mass is 1640 g/mol. The summed E-state index contributed by atoms with van der Waals surface area (Å²) >= 11 is 0. The summed E-state index contributed by atoms with van der Waals surface area (Å²) in [6, 6.07) is 0. The summed E-state index contributed by atoms with van der Waals surface area (Å²) in [6.45, 7) is 18.3. The highest BCUT2D eigenvalue weighted by molar-refractivity contribution is 5.07. The molecule has 10 saturated heterocycles. The molecule has 111 heavy (non-hydrogen) atoms. The summed E-state index contributed by atoms with van der Waals surface area (Å²) in [5, 5.41) is 189. The standard InChI is InChI=1S/C9H18O5.2C8H17NO4.C7H12O4.C7H14O4.2C6H11FO3.C6H13NO3.C6H14O4.C6H12O3/c1-6-9(13-4-3-12-2)8(11)7(5-10)14-6;1-5-6(12-2)7(11)8(3-9,4-10)13-5;1-5-8(12-3-2-9)7(11)6(4-10)13-5;1-4-5-6(9)7(2-8,11-4)3-10-5;1-4-7(10-2)6(9)5(3-8)11-4;2*1-3-5(7)6(9)4(2-8)10-3;1-5-2-7(9)3-6(4-8)10-5;1-5(2-7)10-6(3-8)4-9;1-4-2-5(8)6(3-7)9-4/h6-11H,3-5H2,1-2H3;5-7,10-11H,3-4,9H2,1-2H3;5-8,10-11H,2-4,9H2,1H3;4-6,8-9H,2-3H2,1H3;4-9H,3H2,1-2H3;2*3-6,8-9H,2H2,1H3;5-6,8-9H,2-4H2,1H3;5-9H,2-4H2,1H3;4-8H,2-3H2,1H3/t6-,7+,8-,9?;5-,6?,7+,8+;5-,6+,7-,8?;4-,5?,6+,7-;4-,5+,6-,7?;2*3-,4+,5?,6-;;5-;4-,5+,6+/m0000000.00/s1. The highest BCUT2D eigenvalue weighted by Crippen LogP contribution is 2.39.